The number of aliphatic carboxylic acids is 1. The molecule has 3 amide bonds. The van der Waals surface area contributed by atoms with Gasteiger partial charge in [-0.15, -0.1) is 0 Å². The third-order valence-corrected chi connectivity index (χ3v) is 5.35. The van der Waals surface area contributed by atoms with Crippen LogP contribution in [0.3, 0.4) is 0 Å². The maximum Gasteiger partial charge on any atom is 0.326 e. The van der Waals surface area contributed by atoms with Gasteiger partial charge in [0.05, 0.1) is 12.9 Å². The SMILES string of the molecule is CSCCC(NC(=O)C(CC(C)C)NC(=O)C(N)CO)C(=O)NC(Cc1cnc[nH]1)C(=O)O. The van der Waals surface area contributed by atoms with Crippen LogP contribution in [0.25, 0.3) is 0 Å². The van der Waals surface area contributed by atoms with Gasteiger partial charge < -0.3 is 36.9 Å². The van der Waals surface area contributed by atoms with Crippen molar-refractivity contribution in [3.63, 3.8) is 0 Å². The second-order valence-corrected chi connectivity index (χ2v) is 8.99. The molecule has 0 aliphatic carbocycles. The van der Waals surface area contributed by atoms with Crippen molar-refractivity contribution in [3.05, 3.63) is 18.2 Å². The van der Waals surface area contributed by atoms with Gasteiger partial charge in [0.15, 0.2) is 0 Å². The lowest BCUT2D eigenvalue weighted by Crippen LogP contribution is -2.58. The third-order valence-electron chi connectivity index (χ3n) is 4.71. The molecule has 186 valence electrons. The van der Waals surface area contributed by atoms with Crippen LogP contribution in [0.5, 0.6) is 0 Å². The number of carbonyl (C=O) groups excluding carboxylic acids is 3. The first kappa shape index (κ1) is 28.4. The predicted molar refractivity (Wildman–Crippen MR) is 123 cm³/mol. The number of hydrogen-bond donors (Lipinski definition) is 7. The first-order valence-electron chi connectivity index (χ1n) is 10.6. The van der Waals surface area contributed by atoms with E-state index in [-0.39, 0.29) is 25.2 Å². The zero-order valence-corrected chi connectivity index (χ0v) is 19.9. The molecule has 4 atom stereocenters. The Bertz CT molecular complexity index is 775. The Kier molecular flexibility index (Phi) is 12.5. The number of amides is 3. The topological polar surface area (TPSA) is 200 Å². The zero-order chi connectivity index (χ0) is 25.0. The minimum Gasteiger partial charge on any atom is -0.480 e. The van der Waals surface area contributed by atoms with E-state index in [1.807, 2.05) is 20.1 Å². The number of aliphatic hydroxyl groups is 1. The molecule has 1 aromatic rings. The molecule has 0 aliphatic rings. The summed E-state index contributed by atoms with van der Waals surface area (Å²) in [6, 6.07) is -4.38. The van der Waals surface area contributed by atoms with Crippen LogP contribution >= 0.6 is 11.8 Å². The fourth-order valence-corrected chi connectivity index (χ4v) is 3.40. The first-order chi connectivity index (χ1) is 15.6. The highest BCUT2D eigenvalue weighted by Crippen LogP contribution is 2.08. The molecular weight excluding hydrogens is 452 g/mol. The maximum atomic E-state index is 12.9. The Morgan fingerprint density at radius 1 is 1.09 bits per heavy atom. The van der Waals surface area contributed by atoms with E-state index in [1.165, 1.54) is 24.3 Å². The molecule has 0 radical (unpaired) electrons. The summed E-state index contributed by atoms with van der Waals surface area (Å²) in [7, 11) is 0. The number of nitrogens with zero attached hydrogens (tertiary/aromatic N) is 1. The van der Waals surface area contributed by atoms with Gasteiger partial charge >= 0.3 is 5.97 Å². The maximum absolute atomic E-state index is 12.9. The number of hydrogen-bond acceptors (Lipinski definition) is 8. The highest BCUT2D eigenvalue weighted by molar-refractivity contribution is 7.98. The molecule has 0 bridgehead atoms. The van der Waals surface area contributed by atoms with Crippen LogP contribution in [0.2, 0.25) is 0 Å². The van der Waals surface area contributed by atoms with Crippen molar-refractivity contribution in [1.29, 1.82) is 0 Å². The van der Waals surface area contributed by atoms with Gasteiger partial charge in [0.2, 0.25) is 17.7 Å². The molecule has 1 aromatic heterocycles. The van der Waals surface area contributed by atoms with Crippen LogP contribution < -0.4 is 21.7 Å². The van der Waals surface area contributed by atoms with Crippen LogP contribution in [-0.2, 0) is 25.6 Å². The van der Waals surface area contributed by atoms with Crippen molar-refractivity contribution in [2.75, 3.05) is 18.6 Å². The molecule has 8 N–H and O–H groups in total. The summed E-state index contributed by atoms with van der Waals surface area (Å²) in [4.78, 5) is 56.2. The number of H-pyrrole nitrogens is 1. The molecule has 13 heteroatoms. The molecule has 0 fully saturated rings. The van der Waals surface area contributed by atoms with Crippen LogP contribution in [0.4, 0.5) is 0 Å². The number of aromatic nitrogens is 2. The Balaban J connectivity index is 2.94. The van der Waals surface area contributed by atoms with Crippen LogP contribution in [-0.4, -0.2) is 86.7 Å². The number of thioether (sulfide) groups is 1. The second kappa shape index (κ2) is 14.5. The number of carbonyl (C=O) groups is 4. The minimum absolute atomic E-state index is 0.00462. The normalized spacial score (nSPS) is 14.7. The van der Waals surface area contributed by atoms with E-state index in [4.69, 9.17) is 10.8 Å². The van der Waals surface area contributed by atoms with Gasteiger partial charge in [-0.05, 0) is 30.8 Å². The monoisotopic (exact) mass is 486 g/mol. The number of carboxylic acid groups (broad SMARTS) is 1. The van der Waals surface area contributed by atoms with Gasteiger partial charge in [-0.2, -0.15) is 11.8 Å². The molecule has 0 saturated heterocycles. The molecule has 33 heavy (non-hydrogen) atoms. The fourth-order valence-electron chi connectivity index (χ4n) is 2.93. The van der Waals surface area contributed by atoms with Gasteiger partial charge in [0.25, 0.3) is 0 Å². The summed E-state index contributed by atoms with van der Waals surface area (Å²) in [6.07, 6.45) is 5.25. The van der Waals surface area contributed by atoms with Crippen molar-refractivity contribution in [1.82, 2.24) is 25.9 Å². The molecule has 4 unspecified atom stereocenters. The minimum atomic E-state index is -1.23. The largest absolute Gasteiger partial charge is 0.480 e. The van der Waals surface area contributed by atoms with Crippen molar-refractivity contribution in [3.8, 4) is 0 Å². The van der Waals surface area contributed by atoms with Gasteiger partial charge in [0, 0.05) is 18.3 Å². The average molecular weight is 487 g/mol. The van der Waals surface area contributed by atoms with E-state index >= 15 is 0 Å². The third kappa shape index (κ3) is 10.2. The van der Waals surface area contributed by atoms with Crippen molar-refractivity contribution in [2.24, 2.45) is 11.7 Å². The van der Waals surface area contributed by atoms with Gasteiger partial charge in [0.1, 0.15) is 24.2 Å². The Hall–Kier alpha value is -2.64. The first-order valence-corrected chi connectivity index (χ1v) is 11.9. The summed E-state index contributed by atoms with van der Waals surface area (Å²) < 4.78 is 0. The average Bonchev–Trinajstić information content (AvgIpc) is 3.27. The van der Waals surface area contributed by atoms with Crippen LogP contribution in [0, 0.1) is 5.92 Å². The molecule has 1 rings (SSSR count). The predicted octanol–water partition coefficient (Wildman–Crippen LogP) is -1.39. The van der Waals surface area contributed by atoms with Gasteiger partial charge in [-0.3, -0.25) is 14.4 Å². The van der Waals surface area contributed by atoms with E-state index in [0.717, 1.165) is 0 Å². The number of carboxylic acids is 1. The van der Waals surface area contributed by atoms with Gasteiger partial charge in [-0.1, -0.05) is 13.8 Å². The van der Waals surface area contributed by atoms with Crippen LogP contribution in [0.1, 0.15) is 32.4 Å². The number of nitrogens with two attached hydrogens (primary N) is 1. The van der Waals surface area contributed by atoms with E-state index in [1.54, 1.807) is 0 Å². The van der Waals surface area contributed by atoms with E-state index in [0.29, 0.717) is 11.4 Å². The smallest absolute Gasteiger partial charge is 0.326 e. The quantitative estimate of drug-likeness (QED) is 0.156. The van der Waals surface area contributed by atoms with Crippen LogP contribution in [0.15, 0.2) is 12.5 Å². The summed E-state index contributed by atoms with van der Waals surface area (Å²) in [5.41, 5.74) is 6.06. The van der Waals surface area contributed by atoms with Crippen molar-refractivity contribution < 1.29 is 29.4 Å². The summed E-state index contributed by atoms with van der Waals surface area (Å²) in [6.45, 7) is 3.15. The fraction of sp³-hybridized carbons (Fsp3) is 0.650. The second-order valence-electron chi connectivity index (χ2n) is 8.00. The summed E-state index contributed by atoms with van der Waals surface area (Å²) in [5, 5.41) is 26.2. The Morgan fingerprint density at radius 2 is 1.70 bits per heavy atom. The number of rotatable bonds is 15. The van der Waals surface area contributed by atoms with E-state index in [2.05, 4.69) is 25.9 Å². The highest BCUT2D eigenvalue weighted by Gasteiger charge is 2.30. The zero-order valence-electron chi connectivity index (χ0n) is 19.0. The number of aromatic amines is 1. The van der Waals surface area contributed by atoms with Crippen molar-refractivity contribution in [2.45, 2.75) is 57.3 Å². The van der Waals surface area contributed by atoms with E-state index in [9.17, 15) is 24.3 Å². The Labute approximate surface area is 196 Å². The molecule has 0 saturated carbocycles. The summed E-state index contributed by atoms with van der Waals surface area (Å²) in [5.74, 6) is -2.58. The lowest BCUT2D eigenvalue weighted by Gasteiger charge is -2.25. The number of imidazole rings is 1. The molecule has 12 nitrogen and oxygen atoms in total. The van der Waals surface area contributed by atoms with E-state index < -0.39 is 54.5 Å². The summed E-state index contributed by atoms with van der Waals surface area (Å²) >= 11 is 1.47. The lowest BCUT2D eigenvalue weighted by molar-refractivity contribution is -0.142. The molecule has 0 aliphatic heterocycles. The highest BCUT2D eigenvalue weighted by atomic mass is 32.2. The van der Waals surface area contributed by atoms with Gasteiger partial charge in [-0.25, -0.2) is 9.78 Å². The molecule has 1 heterocycles. The standard InChI is InChI=1S/C20H34N6O6S/c1-11(2)6-15(25-17(28)13(21)9-27)19(30)24-14(4-5-33-3)18(29)26-16(20(31)32)7-12-8-22-10-23-12/h8,10-11,13-16,27H,4-7,9,21H2,1-3H3,(H,22,23)(H,24,30)(H,25,28)(H,26,29)(H,31,32). The molecular formula is C20H34N6O6S. The Morgan fingerprint density at radius 3 is 2.21 bits per heavy atom. The molecule has 0 aromatic carbocycles. The molecule has 0 spiro atoms. The number of aliphatic hydroxyl groups excluding tert-OH is 1. The van der Waals surface area contributed by atoms with Crippen molar-refractivity contribution >= 4 is 35.5 Å². The lowest BCUT2D eigenvalue weighted by atomic mass is 10.0. The number of nitrogens with one attached hydrogen (secondary N) is 4.